The van der Waals surface area contributed by atoms with Gasteiger partial charge in [-0.3, -0.25) is 0 Å². The van der Waals surface area contributed by atoms with Crippen LogP contribution in [-0.4, -0.2) is 32.5 Å². The topological polar surface area (TPSA) is 46.2 Å². The van der Waals surface area contributed by atoms with Gasteiger partial charge in [0.15, 0.2) is 9.84 Å². The van der Waals surface area contributed by atoms with Gasteiger partial charge >= 0.3 is 0 Å². The first-order chi connectivity index (χ1) is 8.11. The zero-order chi connectivity index (χ0) is 12.3. The van der Waals surface area contributed by atoms with Gasteiger partial charge in [0.05, 0.1) is 11.5 Å². The predicted octanol–water partition coefficient (Wildman–Crippen LogP) is 1.98. The molecule has 2 rings (SSSR count). The summed E-state index contributed by atoms with van der Waals surface area (Å²) in [7, 11) is -2.73. The molecule has 0 aromatic carbocycles. The zero-order valence-electron chi connectivity index (χ0n) is 10.8. The van der Waals surface area contributed by atoms with Crippen molar-refractivity contribution in [1.29, 1.82) is 0 Å². The lowest BCUT2D eigenvalue weighted by Crippen LogP contribution is -2.37. The third-order valence-corrected chi connectivity index (χ3v) is 5.87. The smallest absolute Gasteiger partial charge is 0.150 e. The lowest BCUT2D eigenvalue weighted by Gasteiger charge is -2.24. The maximum absolute atomic E-state index is 11.5. The second-order valence-corrected chi connectivity index (χ2v) is 7.97. The molecule has 1 saturated carbocycles. The van der Waals surface area contributed by atoms with Crippen molar-refractivity contribution in [2.45, 2.75) is 51.5 Å². The Bertz CT molecular complexity index is 335. The number of hydrogen-bond donors (Lipinski definition) is 1. The fourth-order valence-corrected chi connectivity index (χ4v) is 4.68. The highest BCUT2D eigenvalue weighted by molar-refractivity contribution is 7.91. The van der Waals surface area contributed by atoms with Crippen molar-refractivity contribution in [1.82, 2.24) is 5.32 Å². The van der Waals surface area contributed by atoms with Gasteiger partial charge in [0.2, 0.25) is 0 Å². The van der Waals surface area contributed by atoms with Gasteiger partial charge in [-0.2, -0.15) is 0 Å². The summed E-state index contributed by atoms with van der Waals surface area (Å²) in [5, 5.41) is 3.57. The third kappa shape index (κ3) is 4.25. The minimum absolute atomic E-state index is 0.366. The molecule has 0 aromatic rings. The van der Waals surface area contributed by atoms with Gasteiger partial charge in [-0.15, -0.1) is 0 Å². The Hall–Kier alpha value is -0.0900. The maximum atomic E-state index is 11.5. The van der Waals surface area contributed by atoms with E-state index >= 15 is 0 Å². The van der Waals surface area contributed by atoms with Crippen molar-refractivity contribution in [3.05, 3.63) is 0 Å². The first-order valence-corrected chi connectivity index (χ1v) is 8.86. The Kier molecular flexibility index (Phi) is 4.47. The molecule has 2 fully saturated rings. The van der Waals surface area contributed by atoms with E-state index in [9.17, 15) is 8.42 Å². The molecule has 0 bridgehead atoms. The van der Waals surface area contributed by atoms with Crippen LogP contribution < -0.4 is 5.32 Å². The Balaban J connectivity index is 1.84. The molecule has 100 valence electrons. The average Bonchev–Trinajstić information content (AvgIpc) is 3.03. The minimum Gasteiger partial charge on any atom is -0.314 e. The fourth-order valence-electron chi connectivity index (χ4n) is 2.80. The molecular formula is C13H25NO2S. The molecule has 1 saturated heterocycles. The van der Waals surface area contributed by atoms with E-state index in [1.807, 2.05) is 0 Å². The van der Waals surface area contributed by atoms with Crippen LogP contribution in [0, 0.1) is 11.8 Å². The van der Waals surface area contributed by atoms with Crippen LogP contribution in [0.25, 0.3) is 0 Å². The molecule has 2 unspecified atom stereocenters. The molecule has 0 aromatic heterocycles. The molecule has 1 N–H and O–H groups in total. The molecule has 17 heavy (non-hydrogen) atoms. The summed E-state index contributed by atoms with van der Waals surface area (Å²) in [6.07, 6.45) is 7.24. The van der Waals surface area contributed by atoms with Crippen LogP contribution in [0.2, 0.25) is 0 Å². The molecule has 2 atom stereocenters. The molecule has 3 nitrogen and oxygen atoms in total. The fraction of sp³-hybridized carbons (Fsp3) is 1.00. The molecule has 2 aliphatic rings. The maximum Gasteiger partial charge on any atom is 0.150 e. The van der Waals surface area contributed by atoms with E-state index in [1.165, 1.54) is 25.7 Å². The van der Waals surface area contributed by atoms with Gasteiger partial charge in [0.1, 0.15) is 0 Å². The second-order valence-electron chi connectivity index (χ2n) is 5.74. The molecule has 1 heterocycles. The Morgan fingerprint density at radius 2 is 2.06 bits per heavy atom. The first kappa shape index (κ1) is 13.3. The van der Waals surface area contributed by atoms with Crippen LogP contribution >= 0.6 is 0 Å². The van der Waals surface area contributed by atoms with Crippen molar-refractivity contribution in [3.63, 3.8) is 0 Å². The Morgan fingerprint density at radius 1 is 1.29 bits per heavy atom. The number of rotatable bonds is 7. The molecule has 0 spiro atoms. The van der Waals surface area contributed by atoms with Crippen LogP contribution in [0.1, 0.15) is 45.4 Å². The van der Waals surface area contributed by atoms with Crippen molar-refractivity contribution < 1.29 is 8.42 Å². The summed E-state index contributed by atoms with van der Waals surface area (Å²) in [5.74, 6) is 2.13. The number of nitrogens with one attached hydrogen (secondary N) is 1. The molecule has 0 amide bonds. The van der Waals surface area contributed by atoms with Gasteiger partial charge in [0.25, 0.3) is 0 Å². The quantitative estimate of drug-likeness (QED) is 0.760. The third-order valence-electron chi connectivity index (χ3n) is 4.08. The van der Waals surface area contributed by atoms with Crippen LogP contribution in [-0.2, 0) is 9.84 Å². The molecule has 0 radical (unpaired) electrons. The number of sulfone groups is 1. The van der Waals surface area contributed by atoms with Gasteiger partial charge in [-0.05, 0) is 44.1 Å². The van der Waals surface area contributed by atoms with Crippen LogP contribution in [0.4, 0.5) is 0 Å². The van der Waals surface area contributed by atoms with E-state index in [0.717, 1.165) is 25.3 Å². The molecule has 1 aliphatic heterocycles. The largest absolute Gasteiger partial charge is 0.314 e. The average molecular weight is 259 g/mol. The van der Waals surface area contributed by atoms with E-state index in [1.54, 1.807) is 0 Å². The van der Waals surface area contributed by atoms with Gasteiger partial charge in [0, 0.05) is 6.04 Å². The highest BCUT2D eigenvalue weighted by Gasteiger charge is 2.34. The van der Waals surface area contributed by atoms with E-state index in [2.05, 4.69) is 12.2 Å². The highest BCUT2D eigenvalue weighted by Crippen LogP contribution is 2.35. The zero-order valence-corrected chi connectivity index (χ0v) is 11.6. The second kappa shape index (κ2) is 5.70. The Morgan fingerprint density at radius 3 is 2.59 bits per heavy atom. The summed E-state index contributed by atoms with van der Waals surface area (Å²) in [4.78, 5) is 0. The van der Waals surface area contributed by atoms with E-state index in [0.29, 0.717) is 23.5 Å². The first-order valence-electron chi connectivity index (χ1n) is 7.04. The lowest BCUT2D eigenvalue weighted by molar-refractivity contribution is 0.349. The van der Waals surface area contributed by atoms with Crippen LogP contribution in [0.15, 0.2) is 0 Å². The lowest BCUT2D eigenvalue weighted by atomic mass is 9.94. The summed E-state index contributed by atoms with van der Waals surface area (Å²) in [6, 6.07) is 0.438. The monoisotopic (exact) mass is 259 g/mol. The van der Waals surface area contributed by atoms with E-state index in [-0.39, 0.29) is 0 Å². The van der Waals surface area contributed by atoms with Gasteiger partial charge in [-0.1, -0.05) is 19.8 Å². The summed E-state index contributed by atoms with van der Waals surface area (Å²) in [5.41, 5.74) is 0. The van der Waals surface area contributed by atoms with Gasteiger partial charge in [-0.25, -0.2) is 8.42 Å². The summed E-state index contributed by atoms with van der Waals surface area (Å²) < 4.78 is 23.1. The summed E-state index contributed by atoms with van der Waals surface area (Å²) >= 11 is 0. The van der Waals surface area contributed by atoms with Gasteiger partial charge < -0.3 is 5.32 Å². The van der Waals surface area contributed by atoms with Crippen LogP contribution in [0.5, 0.6) is 0 Å². The van der Waals surface area contributed by atoms with Crippen molar-refractivity contribution in [3.8, 4) is 0 Å². The minimum atomic E-state index is -2.73. The molecule has 4 heteroatoms. The summed E-state index contributed by atoms with van der Waals surface area (Å²) in [6.45, 7) is 3.18. The van der Waals surface area contributed by atoms with Crippen molar-refractivity contribution in [2.24, 2.45) is 11.8 Å². The van der Waals surface area contributed by atoms with Crippen LogP contribution in [0.3, 0.4) is 0 Å². The van der Waals surface area contributed by atoms with E-state index in [4.69, 9.17) is 0 Å². The van der Waals surface area contributed by atoms with Crippen molar-refractivity contribution >= 4 is 9.84 Å². The normalized spacial score (nSPS) is 29.4. The van der Waals surface area contributed by atoms with Crippen molar-refractivity contribution in [2.75, 3.05) is 18.1 Å². The Labute approximate surface area is 105 Å². The molecule has 1 aliphatic carbocycles. The molecular weight excluding hydrogens is 234 g/mol. The SMILES string of the molecule is CCCNC(CCC1CC1)C1CCS(=O)(=O)C1. The van der Waals surface area contributed by atoms with E-state index < -0.39 is 9.84 Å². The predicted molar refractivity (Wildman–Crippen MR) is 70.8 cm³/mol. The number of hydrogen-bond acceptors (Lipinski definition) is 3. The highest BCUT2D eigenvalue weighted by atomic mass is 32.2. The standard InChI is InChI=1S/C13H25NO2S/c1-2-8-14-13(6-5-11-3-4-11)12-7-9-17(15,16)10-12/h11-14H,2-10H2,1H3.